The van der Waals surface area contributed by atoms with Crippen LogP contribution in [0.1, 0.15) is 5.56 Å². The van der Waals surface area contributed by atoms with Gasteiger partial charge in [0.05, 0.1) is 0 Å². The average Bonchev–Trinajstić information content (AvgIpc) is 2.52. The molecule has 0 fully saturated rings. The molecule has 0 saturated carbocycles. The van der Waals surface area contributed by atoms with Crippen molar-refractivity contribution in [1.29, 1.82) is 0 Å². The van der Waals surface area contributed by atoms with Gasteiger partial charge >= 0.3 is 35.8 Å². The minimum absolute atomic E-state index is 0.0734. The molecule has 0 spiro atoms. The Morgan fingerprint density at radius 1 is 0.519 bits per heavy atom. The summed E-state index contributed by atoms with van der Waals surface area (Å²) in [6, 6.07) is 5.69. The van der Waals surface area contributed by atoms with Gasteiger partial charge in [-0.15, -0.1) is 0 Å². The maximum Gasteiger partial charge on any atom is 0.460 e. The Labute approximate surface area is 142 Å². The van der Waals surface area contributed by atoms with E-state index in [0.29, 0.717) is 0 Å². The quantitative estimate of drug-likeness (QED) is 0.463. The van der Waals surface area contributed by atoms with Crippen LogP contribution in [0.4, 0.5) is 57.1 Å². The van der Waals surface area contributed by atoms with E-state index in [1.165, 1.54) is 18.2 Å². The van der Waals surface area contributed by atoms with Gasteiger partial charge in [0.2, 0.25) is 0 Å². The predicted molar refractivity (Wildman–Crippen MR) is 66.3 cm³/mol. The zero-order valence-electron chi connectivity index (χ0n) is 12.5. The van der Waals surface area contributed by atoms with Gasteiger partial charge in [-0.25, -0.2) is 0 Å². The fourth-order valence-corrected chi connectivity index (χ4v) is 1.65. The van der Waals surface area contributed by atoms with E-state index in [1.807, 2.05) is 0 Å². The second-order valence-electron chi connectivity index (χ2n) is 5.16. The summed E-state index contributed by atoms with van der Waals surface area (Å²) in [5.74, 6) is -36.9. The normalized spacial score (nSPS) is 15.4. The summed E-state index contributed by atoms with van der Waals surface area (Å²) in [5, 5.41) is 0. The van der Waals surface area contributed by atoms with Crippen molar-refractivity contribution in [1.82, 2.24) is 0 Å². The highest BCUT2D eigenvalue weighted by molar-refractivity contribution is 5.50. The number of alkyl halides is 13. The van der Waals surface area contributed by atoms with Crippen molar-refractivity contribution in [2.45, 2.75) is 35.8 Å². The summed E-state index contributed by atoms with van der Waals surface area (Å²) in [6.07, 6.45) is -8.34. The monoisotopic (exact) mass is 422 g/mol. The highest BCUT2D eigenvalue weighted by Gasteiger charge is 2.90. The van der Waals surface area contributed by atoms with E-state index in [1.54, 1.807) is 0 Å². The van der Waals surface area contributed by atoms with Crippen molar-refractivity contribution >= 4 is 6.08 Å². The van der Waals surface area contributed by atoms with Crippen LogP contribution in [0.2, 0.25) is 0 Å². The zero-order valence-corrected chi connectivity index (χ0v) is 12.5. The van der Waals surface area contributed by atoms with Crippen molar-refractivity contribution in [3.63, 3.8) is 0 Å². The van der Waals surface area contributed by atoms with Gasteiger partial charge in [-0.2, -0.15) is 57.1 Å². The molecule has 0 N–H and O–H groups in total. The summed E-state index contributed by atoms with van der Waals surface area (Å²) in [6.45, 7) is 0. The lowest BCUT2D eigenvalue weighted by Gasteiger charge is -2.39. The first-order chi connectivity index (χ1) is 11.8. The third-order valence-corrected chi connectivity index (χ3v) is 3.24. The molecule has 0 aliphatic rings. The van der Waals surface area contributed by atoms with Gasteiger partial charge in [0.15, 0.2) is 0 Å². The Hall–Kier alpha value is -1.95. The minimum Gasteiger partial charge on any atom is -0.195 e. The number of hydrogen-bond donors (Lipinski definition) is 0. The molecule has 0 aliphatic heterocycles. The molecule has 0 atom stereocenters. The van der Waals surface area contributed by atoms with Crippen molar-refractivity contribution in [2.75, 3.05) is 0 Å². The summed E-state index contributed by atoms with van der Waals surface area (Å²) in [4.78, 5) is 0. The van der Waals surface area contributed by atoms with Crippen LogP contribution >= 0.6 is 0 Å². The molecule has 1 aromatic carbocycles. The van der Waals surface area contributed by atoms with Gasteiger partial charge in [0.1, 0.15) is 0 Å². The van der Waals surface area contributed by atoms with E-state index in [4.69, 9.17) is 0 Å². The molecule has 0 heterocycles. The lowest BCUT2D eigenvalue weighted by Crippen LogP contribution is -2.69. The lowest BCUT2D eigenvalue weighted by molar-refractivity contribution is -0.436. The highest BCUT2D eigenvalue weighted by atomic mass is 19.4. The van der Waals surface area contributed by atoms with Crippen LogP contribution < -0.4 is 0 Å². The maximum atomic E-state index is 13.4. The van der Waals surface area contributed by atoms with Gasteiger partial charge in [0, 0.05) is 0 Å². The third-order valence-electron chi connectivity index (χ3n) is 3.24. The number of benzene rings is 1. The lowest BCUT2D eigenvalue weighted by atomic mass is 9.93. The number of halogens is 13. The molecule has 0 amide bonds. The number of allylic oxidation sites excluding steroid dienone is 1. The van der Waals surface area contributed by atoms with Crippen LogP contribution in [0.3, 0.4) is 0 Å². The maximum absolute atomic E-state index is 13.4. The van der Waals surface area contributed by atoms with E-state index in [-0.39, 0.29) is 11.6 Å². The minimum atomic E-state index is -7.88. The largest absolute Gasteiger partial charge is 0.460 e. The SMILES string of the molecule is FC(F)(F)C(F)(F)C(F)(F)C(F)(F)C(F)(F)C(F)(F)C=Cc1ccccc1. The smallest absolute Gasteiger partial charge is 0.195 e. The van der Waals surface area contributed by atoms with Gasteiger partial charge in [-0.1, -0.05) is 36.4 Å². The van der Waals surface area contributed by atoms with Crippen LogP contribution in [0.25, 0.3) is 6.08 Å². The molecule has 1 rings (SSSR count). The number of hydrogen-bond acceptors (Lipinski definition) is 0. The molecular formula is C14H7F13. The van der Waals surface area contributed by atoms with Crippen LogP contribution in [0.15, 0.2) is 36.4 Å². The Morgan fingerprint density at radius 3 is 1.33 bits per heavy atom. The van der Waals surface area contributed by atoms with Gasteiger partial charge in [-0.3, -0.25) is 0 Å². The first-order valence-electron chi connectivity index (χ1n) is 6.53. The summed E-state index contributed by atoms with van der Waals surface area (Å²) >= 11 is 0. The number of rotatable bonds is 6. The zero-order chi connectivity index (χ0) is 21.5. The molecule has 0 saturated heterocycles. The predicted octanol–water partition coefficient (Wildman–Crippen LogP) is 6.44. The van der Waals surface area contributed by atoms with E-state index >= 15 is 0 Å². The van der Waals surface area contributed by atoms with Crippen LogP contribution in [0.5, 0.6) is 0 Å². The Bertz CT molecular complexity index is 670. The van der Waals surface area contributed by atoms with E-state index < -0.39 is 41.9 Å². The first-order valence-corrected chi connectivity index (χ1v) is 6.53. The summed E-state index contributed by atoms with van der Waals surface area (Å²) in [7, 11) is 0. The summed E-state index contributed by atoms with van der Waals surface area (Å²) < 4.78 is 167. The fourth-order valence-electron chi connectivity index (χ4n) is 1.65. The Morgan fingerprint density at radius 2 is 0.926 bits per heavy atom. The Kier molecular flexibility index (Phi) is 5.63. The molecule has 154 valence electrons. The van der Waals surface area contributed by atoms with Gasteiger partial charge in [0.25, 0.3) is 0 Å². The Balaban J connectivity index is 3.39. The van der Waals surface area contributed by atoms with Crippen LogP contribution in [-0.4, -0.2) is 35.8 Å². The van der Waals surface area contributed by atoms with Crippen molar-refractivity contribution < 1.29 is 57.1 Å². The van der Waals surface area contributed by atoms with Gasteiger partial charge < -0.3 is 0 Å². The molecule has 0 aliphatic carbocycles. The van der Waals surface area contributed by atoms with Crippen molar-refractivity contribution in [3.8, 4) is 0 Å². The fraction of sp³-hybridized carbons (Fsp3) is 0.429. The highest BCUT2D eigenvalue weighted by Crippen LogP contribution is 2.60. The van der Waals surface area contributed by atoms with E-state index in [9.17, 15) is 57.1 Å². The second-order valence-corrected chi connectivity index (χ2v) is 5.16. The molecule has 0 nitrogen and oxygen atoms in total. The third kappa shape index (κ3) is 3.59. The standard InChI is InChI=1S/C14H7F13/c15-9(16,7-6-8-4-2-1-3-5-8)10(17,18)11(19,20)12(21,22)13(23,24)14(25,26)27/h1-7H. The molecule has 0 radical (unpaired) electrons. The molecule has 27 heavy (non-hydrogen) atoms. The topological polar surface area (TPSA) is 0 Å². The van der Waals surface area contributed by atoms with Crippen LogP contribution in [-0.2, 0) is 0 Å². The molecule has 0 unspecified atom stereocenters. The second kappa shape index (κ2) is 6.59. The first kappa shape index (κ1) is 23.1. The molecule has 0 aromatic heterocycles. The molecule has 1 aromatic rings. The van der Waals surface area contributed by atoms with Crippen molar-refractivity contribution in [3.05, 3.63) is 42.0 Å². The van der Waals surface area contributed by atoms with E-state index in [2.05, 4.69) is 0 Å². The van der Waals surface area contributed by atoms with E-state index in [0.717, 1.165) is 12.1 Å². The van der Waals surface area contributed by atoms with Crippen molar-refractivity contribution in [2.24, 2.45) is 0 Å². The van der Waals surface area contributed by atoms with Crippen LogP contribution in [0, 0.1) is 0 Å². The summed E-state index contributed by atoms with van der Waals surface area (Å²) in [5.41, 5.74) is -0.302. The average molecular weight is 422 g/mol. The molecular weight excluding hydrogens is 415 g/mol. The van der Waals surface area contributed by atoms with Gasteiger partial charge in [-0.05, 0) is 11.6 Å². The molecule has 0 bridgehead atoms. The molecule has 13 heteroatoms.